The standard InChI is InChI=1S/C21H26FN5O/c22-18-6-8-19(9-7-18)26-12-14-27(15-13-26)21(23)25-16-20(28)24-11-10-17-4-2-1-3-5-17/h1-9H,10-16H2,(H2,23,25)(H,24,28). The van der Waals surface area contributed by atoms with Gasteiger partial charge in [-0.05, 0) is 36.2 Å². The summed E-state index contributed by atoms with van der Waals surface area (Å²) in [5.41, 5.74) is 8.23. The molecule has 2 aromatic carbocycles. The molecule has 0 aromatic heterocycles. The number of benzene rings is 2. The van der Waals surface area contributed by atoms with Crippen LogP contribution in [0.1, 0.15) is 5.56 Å². The lowest BCUT2D eigenvalue weighted by Gasteiger charge is -2.36. The first-order chi connectivity index (χ1) is 13.6. The number of guanidine groups is 1. The van der Waals surface area contributed by atoms with Gasteiger partial charge < -0.3 is 20.9 Å². The zero-order valence-corrected chi connectivity index (χ0v) is 15.9. The second-order valence-electron chi connectivity index (χ2n) is 6.71. The summed E-state index contributed by atoms with van der Waals surface area (Å²) in [7, 11) is 0. The minimum atomic E-state index is -0.235. The van der Waals surface area contributed by atoms with E-state index in [-0.39, 0.29) is 18.3 Å². The average molecular weight is 383 g/mol. The van der Waals surface area contributed by atoms with E-state index in [0.29, 0.717) is 25.6 Å². The minimum Gasteiger partial charge on any atom is -0.370 e. The van der Waals surface area contributed by atoms with Crippen molar-refractivity contribution in [1.29, 1.82) is 0 Å². The fraction of sp³-hybridized carbons (Fsp3) is 0.333. The molecule has 1 saturated heterocycles. The van der Waals surface area contributed by atoms with Crippen LogP contribution in [0.5, 0.6) is 0 Å². The maximum atomic E-state index is 13.0. The molecule has 0 aliphatic carbocycles. The summed E-state index contributed by atoms with van der Waals surface area (Å²) < 4.78 is 13.0. The number of hydrogen-bond donors (Lipinski definition) is 2. The van der Waals surface area contributed by atoms with Crippen molar-refractivity contribution < 1.29 is 9.18 Å². The van der Waals surface area contributed by atoms with Crippen LogP contribution in [-0.2, 0) is 11.2 Å². The Balaban J connectivity index is 1.39. The molecule has 0 saturated carbocycles. The molecule has 1 fully saturated rings. The minimum absolute atomic E-state index is 0.0266. The molecule has 6 nitrogen and oxygen atoms in total. The molecule has 1 aliphatic heterocycles. The monoisotopic (exact) mass is 383 g/mol. The van der Waals surface area contributed by atoms with Crippen LogP contribution >= 0.6 is 0 Å². The highest BCUT2D eigenvalue weighted by atomic mass is 19.1. The Morgan fingerprint density at radius 1 is 1.04 bits per heavy atom. The van der Waals surface area contributed by atoms with E-state index in [0.717, 1.165) is 25.2 Å². The van der Waals surface area contributed by atoms with E-state index in [1.807, 2.05) is 35.2 Å². The molecule has 1 aliphatic rings. The number of rotatable bonds is 6. The van der Waals surface area contributed by atoms with Crippen molar-refractivity contribution >= 4 is 17.6 Å². The maximum Gasteiger partial charge on any atom is 0.241 e. The molecule has 0 atom stereocenters. The van der Waals surface area contributed by atoms with Crippen molar-refractivity contribution in [2.45, 2.75) is 6.42 Å². The van der Waals surface area contributed by atoms with Crippen LogP contribution in [0.25, 0.3) is 0 Å². The van der Waals surface area contributed by atoms with Crippen LogP contribution in [-0.4, -0.2) is 56.0 Å². The van der Waals surface area contributed by atoms with Crippen LogP contribution in [0.3, 0.4) is 0 Å². The van der Waals surface area contributed by atoms with Crippen molar-refractivity contribution in [3.8, 4) is 0 Å². The van der Waals surface area contributed by atoms with E-state index in [1.165, 1.54) is 17.7 Å². The molecule has 0 unspecified atom stereocenters. The van der Waals surface area contributed by atoms with Gasteiger partial charge in [0.15, 0.2) is 5.96 Å². The van der Waals surface area contributed by atoms with Gasteiger partial charge in [0.2, 0.25) is 5.91 Å². The van der Waals surface area contributed by atoms with E-state index in [9.17, 15) is 9.18 Å². The number of halogens is 1. The molecule has 1 amide bonds. The number of hydrogen-bond acceptors (Lipinski definition) is 3. The molecule has 28 heavy (non-hydrogen) atoms. The predicted molar refractivity (Wildman–Crippen MR) is 110 cm³/mol. The molecule has 0 spiro atoms. The number of piperazine rings is 1. The van der Waals surface area contributed by atoms with Gasteiger partial charge in [0.1, 0.15) is 12.4 Å². The highest BCUT2D eigenvalue weighted by molar-refractivity contribution is 5.84. The van der Waals surface area contributed by atoms with Gasteiger partial charge in [-0.25, -0.2) is 9.38 Å². The molecule has 3 rings (SSSR count). The summed E-state index contributed by atoms with van der Waals surface area (Å²) >= 11 is 0. The third kappa shape index (κ3) is 5.70. The van der Waals surface area contributed by atoms with Gasteiger partial charge in [0, 0.05) is 38.4 Å². The molecule has 1 heterocycles. The topological polar surface area (TPSA) is 74.0 Å². The number of amides is 1. The fourth-order valence-corrected chi connectivity index (χ4v) is 3.15. The van der Waals surface area contributed by atoms with E-state index in [1.54, 1.807) is 12.1 Å². The number of nitrogens with one attached hydrogen (secondary N) is 1. The van der Waals surface area contributed by atoms with Crippen molar-refractivity contribution in [3.63, 3.8) is 0 Å². The van der Waals surface area contributed by atoms with Gasteiger partial charge in [-0.15, -0.1) is 0 Å². The zero-order chi connectivity index (χ0) is 19.8. The second-order valence-corrected chi connectivity index (χ2v) is 6.71. The lowest BCUT2D eigenvalue weighted by atomic mass is 10.1. The molecular formula is C21H26FN5O. The lowest BCUT2D eigenvalue weighted by Crippen LogP contribution is -2.51. The summed E-state index contributed by atoms with van der Waals surface area (Å²) in [6.07, 6.45) is 0.789. The molecule has 2 aromatic rings. The van der Waals surface area contributed by atoms with Crippen LogP contribution in [0.15, 0.2) is 59.6 Å². The fourth-order valence-electron chi connectivity index (χ4n) is 3.15. The smallest absolute Gasteiger partial charge is 0.241 e. The first kappa shape index (κ1) is 19.7. The van der Waals surface area contributed by atoms with Crippen LogP contribution in [0.2, 0.25) is 0 Å². The second kappa shape index (κ2) is 9.73. The Hall–Kier alpha value is -3.09. The van der Waals surface area contributed by atoms with Gasteiger partial charge in [-0.1, -0.05) is 30.3 Å². The SMILES string of the molecule is NC(=NCC(=O)NCCc1ccccc1)N1CCN(c2ccc(F)cc2)CC1. The molecule has 3 N–H and O–H groups in total. The normalized spacial score (nSPS) is 14.8. The van der Waals surface area contributed by atoms with Crippen molar-refractivity contribution in [1.82, 2.24) is 10.2 Å². The van der Waals surface area contributed by atoms with Gasteiger partial charge in [0.05, 0.1) is 0 Å². The quantitative estimate of drug-likeness (QED) is 0.587. The third-order valence-corrected chi connectivity index (χ3v) is 4.76. The number of carbonyl (C=O) groups is 1. The summed E-state index contributed by atoms with van der Waals surface area (Å²) in [5.74, 6) is 0.0154. The molecular weight excluding hydrogens is 357 g/mol. The molecule has 0 radical (unpaired) electrons. The first-order valence-corrected chi connectivity index (χ1v) is 9.48. The molecule has 148 valence electrons. The van der Waals surface area contributed by atoms with Gasteiger partial charge in [-0.3, -0.25) is 4.79 Å². The van der Waals surface area contributed by atoms with Gasteiger partial charge >= 0.3 is 0 Å². The van der Waals surface area contributed by atoms with Crippen molar-refractivity contribution in [2.75, 3.05) is 44.2 Å². The van der Waals surface area contributed by atoms with Gasteiger partial charge in [-0.2, -0.15) is 0 Å². The molecule has 0 bridgehead atoms. The Labute approximate surface area is 164 Å². The van der Waals surface area contributed by atoms with Crippen LogP contribution in [0, 0.1) is 5.82 Å². The van der Waals surface area contributed by atoms with Crippen molar-refractivity contribution in [2.24, 2.45) is 10.7 Å². The first-order valence-electron chi connectivity index (χ1n) is 9.48. The highest BCUT2D eigenvalue weighted by Crippen LogP contribution is 2.16. The molecule has 7 heteroatoms. The van der Waals surface area contributed by atoms with Gasteiger partial charge in [0.25, 0.3) is 0 Å². The van der Waals surface area contributed by atoms with Crippen molar-refractivity contribution in [3.05, 3.63) is 66.0 Å². The summed E-state index contributed by atoms with van der Waals surface area (Å²) in [6.45, 7) is 3.56. The lowest BCUT2D eigenvalue weighted by molar-refractivity contribution is -0.119. The largest absolute Gasteiger partial charge is 0.370 e. The summed E-state index contributed by atoms with van der Waals surface area (Å²) in [5, 5.41) is 2.86. The number of anilines is 1. The number of carbonyl (C=O) groups excluding carboxylic acids is 1. The number of nitrogens with zero attached hydrogens (tertiary/aromatic N) is 3. The van der Waals surface area contributed by atoms with E-state index < -0.39 is 0 Å². The Kier molecular flexibility index (Phi) is 6.84. The summed E-state index contributed by atoms with van der Waals surface area (Å²) in [6, 6.07) is 16.5. The predicted octanol–water partition coefficient (Wildman–Crippen LogP) is 1.62. The third-order valence-electron chi connectivity index (χ3n) is 4.76. The Bertz CT molecular complexity index is 786. The highest BCUT2D eigenvalue weighted by Gasteiger charge is 2.18. The van der Waals surface area contributed by atoms with E-state index in [4.69, 9.17) is 5.73 Å². The van der Waals surface area contributed by atoms with Crippen LogP contribution in [0.4, 0.5) is 10.1 Å². The van der Waals surface area contributed by atoms with E-state index >= 15 is 0 Å². The number of aliphatic imine (C=N–C) groups is 1. The Morgan fingerprint density at radius 2 is 1.71 bits per heavy atom. The number of nitrogens with two attached hydrogens (primary N) is 1. The Morgan fingerprint density at radius 3 is 2.39 bits per heavy atom. The average Bonchev–Trinajstić information content (AvgIpc) is 2.73. The summed E-state index contributed by atoms with van der Waals surface area (Å²) in [4.78, 5) is 20.3. The van der Waals surface area contributed by atoms with E-state index in [2.05, 4.69) is 15.2 Å². The maximum absolute atomic E-state index is 13.0. The van der Waals surface area contributed by atoms with Crippen LogP contribution < -0.4 is 16.0 Å². The zero-order valence-electron chi connectivity index (χ0n) is 15.9.